The molecule has 1 aliphatic heterocycles. The van der Waals surface area contributed by atoms with Crippen LogP contribution in [0.1, 0.15) is 44.2 Å². The summed E-state index contributed by atoms with van der Waals surface area (Å²) in [7, 11) is 3.10. The Labute approximate surface area is 184 Å². The molecule has 1 N–H and O–H groups in total. The minimum atomic E-state index is -0.991. The zero-order valence-corrected chi connectivity index (χ0v) is 18.9. The fourth-order valence-electron chi connectivity index (χ4n) is 5.24. The second-order valence-electron chi connectivity index (χ2n) is 8.94. The Balaban J connectivity index is 1.56. The molecule has 0 spiro atoms. The van der Waals surface area contributed by atoms with Gasteiger partial charge in [0.2, 0.25) is 5.88 Å². The second-order valence-corrected chi connectivity index (χ2v) is 8.94. The normalized spacial score (nSPS) is 26.0. The lowest BCUT2D eigenvalue weighted by atomic mass is 9.63. The van der Waals surface area contributed by atoms with Gasteiger partial charge in [0.15, 0.2) is 0 Å². The van der Waals surface area contributed by atoms with Crippen molar-refractivity contribution in [3.63, 3.8) is 0 Å². The topological polar surface area (TPSA) is 76.9 Å². The van der Waals surface area contributed by atoms with E-state index in [1.807, 2.05) is 26.0 Å². The van der Waals surface area contributed by atoms with E-state index in [0.717, 1.165) is 44.6 Å². The molecular formula is C24H33N3O4. The summed E-state index contributed by atoms with van der Waals surface area (Å²) in [5, 5.41) is 12.0. The van der Waals surface area contributed by atoms with Gasteiger partial charge in [-0.3, -0.25) is 4.90 Å². The van der Waals surface area contributed by atoms with Crippen LogP contribution in [-0.2, 0) is 12.1 Å². The Morgan fingerprint density at radius 2 is 1.90 bits per heavy atom. The van der Waals surface area contributed by atoms with E-state index in [2.05, 4.69) is 27.0 Å². The molecule has 7 nitrogen and oxygen atoms in total. The molecule has 168 valence electrons. The van der Waals surface area contributed by atoms with Crippen LogP contribution in [-0.4, -0.2) is 53.4 Å². The number of piperidine rings is 1. The number of ether oxygens (including phenoxy) is 3. The van der Waals surface area contributed by atoms with E-state index < -0.39 is 5.60 Å². The van der Waals surface area contributed by atoms with E-state index in [9.17, 15) is 5.11 Å². The molecule has 1 aromatic heterocycles. The molecule has 1 saturated heterocycles. The Hall–Kier alpha value is -2.38. The molecule has 2 bridgehead atoms. The average Bonchev–Trinajstić information content (AvgIpc) is 2.73. The van der Waals surface area contributed by atoms with Crippen LogP contribution in [0.25, 0.3) is 0 Å². The number of benzene rings is 1. The Kier molecular flexibility index (Phi) is 6.34. The molecule has 31 heavy (non-hydrogen) atoms. The zero-order chi connectivity index (χ0) is 22.0. The molecule has 1 saturated carbocycles. The van der Waals surface area contributed by atoms with E-state index in [1.54, 1.807) is 13.3 Å². The van der Waals surface area contributed by atoms with Gasteiger partial charge in [-0.15, -0.1) is 0 Å². The van der Waals surface area contributed by atoms with Crippen LogP contribution in [0.3, 0.4) is 0 Å². The van der Waals surface area contributed by atoms with Crippen molar-refractivity contribution in [2.24, 2.45) is 11.8 Å². The van der Waals surface area contributed by atoms with Crippen LogP contribution in [0.5, 0.6) is 17.6 Å². The maximum absolute atomic E-state index is 12.0. The molecule has 1 aromatic carbocycles. The largest absolute Gasteiger partial charge is 0.491 e. The van der Waals surface area contributed by atoms with Crippen LogP contribution in [0.4, 0.5) is 0 Å². The number of likely N-dealkylation sites (tertiary alicyclic amines) is 1. The van der Waals surface area contributed by atoms with Gasteiger partial charge in [-0.05, 0) is 44.4 Å². The van der Waals surface area contributed by atoms with Crippen molar-refractivity contribution in [3.8, 4) is 17.6 Å². The number of nitrogens with zero attached hydrogens (tertiary/aromatic N) is 3. The number of aliphatic hydroxyl groups is 1. The standard InChI is InChI=1S/C24H33N3O4/c1-16(2)31-20-10-5-7-17(11-20)13-27-14-18-8-6-9-19(15-27)24(18,28)21-12-25-23(30-4)26-22(21)29-3/h5,7,10-12,16,18-19,28H,6,8-9,13-15H2,1-4H3. The minimum Gasteiger partial charge on any atom is -0.491 e. The lowest BCUT2D eigenvalue weighted by Gasteiger charge is -2.53. The number of hydrogen-bond donors (Lipinski definition) is 1. The molecule has 2 aromatic rings. The number of methoxy groups -OCH3 is 2. The maximum Gasteiger partial charge on any atom is 0.319 e. The third kappa shape index (κ3) is 4.34. The number of rotatable bonds is 7. The van der Waals surface area contributed by atoms with Gasteiger partial charge >= 0.3 is 6.01 Å². The van der Waals surface area contributed by atoms with Gasteiger partial charge in [-0.25, -0.2) is 4.98 Å². The Morgan fingerprint density at radius 3 is 2.55 bits per heavy atom. The lowest BCUT2D eigenvalue weighted by molar-refractivity contribution is -0.149. The predicted molar refractivity (Wildman–Crippen MR) is 117 cm³/mol. The van der Waals surface area contributed by atoms with E-state index in [1.165, 1.54) is 12.7 Å². The van der Waals surface area contributed by atoms with Crippen molar-refractivity contribution in [2.75, 3.05) is 27.3 Å². The van der Waals surface area contributed by atoms with Crippen molar-refractivity contribution < 1.29 is 19.3 Å². The highest BCUT2D eigenvalue weighted by Crippen LogP contribution is 2.51. The third-order valence-corrected chi connectivity index (χ3v) is 6.52. The average molecular weight is 428 g/mol. The number of aromatic nitrogens is 2. The van der Waals surface area contributed by atoms with Crippen LogP contribution >= 0.6 is 0 Å². The highest BCUT2D eigenvalue weighted by molar-refractivity contribution is 5.35. The summed E-state index contributed by atoms with van der Waals surface area (Å²) >= 11 is 0. The number of fused-ring (bicyclic) bond motifs is 2. The fourth-order valence-corrected chi connectivity index (χ4v) is 5.24. The summed E-state index contributed by atoms with van der Waals surface area (Å²) in [6.45, 7) is 6.55. The van der Waals surface area contributed by atoms with Gasteiger partial charge < -0.3 is 19.3 Å². The van der Waals surface area contributed by atoms with Crippen LogP contribution in [0.15, 0.2) is 30.5 Å². The van der Waals surface area contributed by atoms with Crippen molar-refractivity contribution in [3.05, 3.63) is 41.6 Å². The van der Waals surface area contributed by atoms with Crippen LogP contribution in [0, 0.1) is 11.8 Å². The summed E-state index contributed by atoms with van der Waals surface area (Å²) in [5.74, 6) is 1.50. The summed E-state index contributed by atoms with van der Waals surface area (Å²) in [4.78, 5) is 11.1. The first kappa shape index (κ1) is 21.8. The van der Waals surface area contributed by atoms with Crippen molar-refractivity contribution in [1.29, 1.82) is 0 Å². The van der Waals surface area contributed by atoms with Crippen molar-refractivity contribution in [1.82, 2.24) is 14.9 Å². The van der Waals surface area contributed by atoms with Gasteiger partial charge in [-0.2, -0.15) is 4.98 Å². The third-order valence-electron chi connectivity index (χ3n) is 6.52. The highest BCUT2D eigenvalue weighted by atomic mass is 16.5. The summed E-state index contributed by atoms with van der Waals surface area (Å²) in [6, 6.07) is 8.56. The minimum absolute atomic E-state index is 0.0981. The van der Waals surface area contributed by atoms with E-state index >= 15 is 0 Å². The Bertz CT molecular complexity index is 890. The van der Waals surface area contributed by atoms with Gasteiger partial charge in [0.1, 0.15) is 11.4 Å². The molecular weight excluding hydrogens is 394 g/mol. The van der Waals surface area contributed by atoms with Gasteiger partial charge in [-0.1, -0.05) is 18.6 Å². The quantitative estimate of drug-likeness (QED) is 0.726. The SMILES string of the molecule is COc1ncc(C2(O)C3CCCC2CN(Cc2cccc(OC(C)C)c2)C3)c(OC)n1. The molecule has 2 fully saturated rings. The molecule has 4 rings (SSSR count). The van der Waals surface area contributed by atoms with E-state index in [4.69, 9.17) is 14.2 Å². The van der Waals surface area contributed by atoms with Crippen LogP contribution < -0.4 is 14.2 Å². The highest BCUT2D eigenvalue weighted by Gasteiger charge is 2.53. The first-order valence-corrected chi connectivity index (χ1v) is 11.1. The lowest BCUT2D eigenvalue weighted by Crippen LogP contribution is -2.58. The monoisotopic (exact) mass is 427 g/mol. The first-order chi connectivity index (χ1) is 14.9. The maximum atomic E-state index is 12.0. The molecule has 2 aliphatic rings. The van der Waals surface area contributed by atoms with Crippen molar-refractivity contribution >= 4 is 0 Å². The zero-order valence-electron chi connectivity index (χ0n) is 18.9. The molecule has 2 atom stereocenters. The molecule has 1 aliphatic carbocycles. The van der Waals surface area contributed by atoms with E-state index in [-0.39, 0.29) is 24.0 Å². The summed E-state index contributed by atoms with van der Waals surface area (Å²) in [6.07, 6.45) is 4.90. The first-order valence-electron chi connectivity index (χ1n) is 11.1. The molecule has 7 heteroatoms. The second kappa shape index (κ2) is 9.01. The number of hydrogen-bond acceptors (Lipinski definition) is 7. The van der Waals surface area contributed by atoms with Gasteiger partial charge in [0, 0.05) is 37.7 Å². The smallest absolute Gasteiger partial charge is 0.319 e. The molecule has 0 radical (unpaired) electrons. The molecule has 2 unspecified atom stereocenters. The van der Waals surface area contributed by atoms with Gasteiger partial charge in [0.25, 0.3) is 0 Å². The molecule has 0 amide bonds. The van der Waals surface area contributed by atoms with Gasteiger partial charge in [0.05, 0.1) is 25.9 Å². The predicted octanol–water partition coefficient (Wildman–Crippen LogP) is 3.40. The Morgan fingerprint density at radius 1 is 1.16 bits per heavy atom. The molecule has 2 heterocycles. The van der Waals surface area contributed by atoms with E-state index in [0.29, 0.717) is 11.4 Å². The fraction of sp³-hybridized carbons (Fsp3) is 0.583. The summed E-state index contributed by atoms with van der Waals surface area (Å²) < 4.78 is 16.5. The van der Waals surface area contributed by atoms with Crippen molar-refractivity contribution in [2.45, 2.75) is 51.4 Å². The summed E-state index contributed by atoms with van der Waals surface area (Å²) in [5.41, 5.74) is 0.916. The van der Waals surface area contributed by atoms with Crippen LogP contribution in [0.2, 0.25) is 0 Å².